The first-order valence-electron chi connectivity index (χ1n) is 8.92. The third-order valence-corrected chi connectivity index (χ3v) is 4.20. The van der Waals surface area contributed by atoms with Crippen molar-refractivity contribution in [3.8, 4) is 0 Å². The SMILES string of the molecule is O=C(CCCNC(=O)c1ccccc1)Nc1cccc(N2CCNC2=O)c1. The second-order valence-corrected chi connectivity index (χ2v) is 6.21. The van der Waals surface area contributed by atoms with Gasteiger partial charge in [-0.2, -0.15) is 0 Å². The lowest BCUT2D eigenvalue weighted by Gasteiger charge is -2.15. The maximum absolute atomic E-state index is 12.1. The molecule has 3 rings (SSSR count). The molecule has 0 unspecified atom stereocenters. The Morgan fingerprint density at radius 2 is 1.89 bits per heavy atom. The smallest absolute Gasteiger partial charge is 0.321 e. The van der Waals surface area contributed by atoms with E-state index < -0.39 is 0 Å². The average molecular weight is 366 g/mol. The standard InChI is InChI=1S/C20H22N4O3/c25-18(10-5-11-21-19(26)15-6-2-1-3-7-15)23-16-8-4-9-17(14-16)24-13-12-22-20(24)27/h1-4,6-9,14H,5,10-13H2,(H,21,26)(H,22,27)(H,23,25). The minimum absolute atomic E-state index is 0.132. The predicted molar refractivity (Wildman–Crippen MR) is 104 cm³/mol. The summed E-state index contributed by atoms with van der Waals surface area (Å²) >= 11 is 0. The molecule has 2 aromatic rings. The molecule has 2 aromatic carbocycles. The molecule has 0 spiro atoms. The van der Waals surface area contributed by atoms with Crippen molar-refractivity contribution in [3.63, 3.8) is 0 Å². The summed E-state index contributed by atoms with van der Waals surface area (Å²) in [6, 6.07) is 16.0. The molecule has 0 aromatic heterocycles. The number of anilines is 2. The average Bonchev–Trinajstić information content (AvgIpc) is 3.12. The van der Waals surface area contributed by atoms with Crippen molar-refractivity contribution in [3.05, 3.63) is 60.2 Å². The summed E-state index contributed by atoms with van der Waals surface area (Å²) in [6.45, 7) is 1.65. The van der Waals surface area contributed by atoms with Crippen molar-refractivity contribution in [1.29, 1.82) is 0 Å². The lowest BCUT2D eigenvalue weighted by Crippen LogP contribution is -2.27. The van der Waals surface area contributed by atoms with Gasteiger partial charge in [0.2, 0.25) is 5.91 Å². The highest BCUT2D eigenvalue weighted by molar-refractivity contribution is 5.96. The Bertz CT molecular complexity index is 823. The van der Waals surface area contributed by atoms with Crippen LogP contribution in [0.15, 0.2) is 54.6 Å². The maximum atomic E-state index is 12.1. The highest BCUT2D eigenvalue weighted by Crippen LogP contribution is 2.21. The molecular weight excluding hydrogens is 344 g/mol. The number of rotatable bonds is 7. The fraction of sp³-hybridized carbons (Fsp3) is 0.250. The fourth-order valence-corrected chi connectivity index (χ4v) is 2.84. The monoisotopic (exact) mass is 366 g/mol. The van der Waals surface area contributed by atoms with Crippen LogP contribution in [0.2, 0.25) is 0 Å². The third kappa shape index (κ3) is 5.07. The Labute approximate surface area is 157 Å². The van der Waals surface area contributed by atoms with Crippen LogP contribution in [-0.2, 0) is 4.79 Å². The molecule has 1 saturated heterocycles. The minimum atomic E-state index is -0.146. The van der Waals surface area contributed by atoms with Gasteiger partial charge in [-0.3, -0.25) is 14.5 Å². The lowest BCUT2D eigenvalue weighted by molar-refractivity contribution is -0.116. The predicted octanol–water partition coefficient (Wildman–Crippen LogP) is 2.36. The Balaban J connectivity index is 1.43. The van der Waals surface area contributed by atoms with E-state index in [2.05, 4.69) is 16.0 Å². The summed E-state index contributed by atoms with van der Waals surface area (Å²) in [5, 5.41) is 8.38. The van der Waals surface area contributed by atoms with Crippen LogP contribution in [0.1, 0.15) is 23.2 Å². The topological polar surface area (TPSA) is 90.5 Å². The molecule has 0 atom stereocenters. The largest absolute Gasteiger partial charge is 0.352 e. The van der Waals surface area contributed by atoms with Crippen molar-refractivity contribution < 1.29 is 14.4 Å². The number of carbonyl (C=O) groups excluding carboxylic acids is 3. The first-order valence-corrected chi connectivity index (χ1v) is 8.92. The summed E-state index contributed by atoms with van der Waals surface area (Å²) < 4.78 is 0. The van der Waals surface area contributed by atoms with E-state index in [1.165, 1.54) is 0 Å². The molecule has 4 amide bonds. The first kappa shape index (κ1) is 18.4. The second-order valence-electron chi connectivity index (χ2n) is 6.21. The van der Waals surface area contributed by atoms with Crippen LogP contribution in [0.4, 0.5) is 16.2 Å². The minimum Gasteiger partial charge on any atom is -0.352 e. The first-order chi connectivity index (χ1) is 13.1. The number of amides is 4. The van der Waals surface area contributed by atoms with Crippen molar-refractivity contribution in [2.24, 2.45) is 0 Å². The van der Waals surface area contributed by atoms with Gasteiger partial charge in [-0.15, -0.1) is 0 Å². The highest BCUT2D eigenvalue weighted by Gasteiger charge is 2.21. The number of carbonyl (C=O) groups is 3. The summed E-state index contributed by atoms with van der Waals surface area (Å²) in [5.41, 5.74) is 1.99. The van der Waals surface area contributed by atoms with Gasteiger partial charge in [0.25, 0.3) is 5.91 Å². The van der Waals surface area contributed by atoms with E-state index in [0.29, 0.717) is 43.7 Å². The third-order valence-electron chi connectivity index (χ3n) is 4.20. The molecule has 140 valence electrons. The molecular formula is C20H22N4O3. The number of urea groups is 1. The molecule has 0 saturated carbocycles. The number of nitrogens with one attached hydrogen (secondary N) is 3. The quantitative estimate of drug-likeness (QED) is 0.657. The number of hydrogen-bond acceptors (Lipinski definition) is 3. The Morgan fingerprint density at radius 1 is 1.07 bits per heavy atom. The van der Waals surface area contributed by atoms with Crippen LogP contribution in [0.25, 0.3) is 0 Å². The van der Waals surface area contributed by atoms with E-state index in [-0.39, 0.29) is 17.8 Å². The zero-order chi connectivity index (χ0) is 19.1. The molecule has 1 aliphatic heterocycles. The van der Waals surface area contributed by atoms with Gasteiger partial charge < -0.3 is 16.0 Å². The lowest BCUT2D eigenvalue weighted by atomic mass is 10.2. The van der Waals surface area contributed by atoms with Crippen molar-refractivity contribution in [2.45, 2.75) is 12.8 Å². The van der Waals surface area contributed by atoms with E-state index in [4.69, 9.17) is 0 Å². The zero-order valence-electron chi connectivity index (χ0n) is 14.9. The summed E-state index contributed by atoms with van der Waals surface area (Å²) in [5.74, 6) is -0.278. The molecule has 1 heterocycles. The summed E-state index contributed by atoms with van der Waals surface area (Å²) in [6.07, 6.45) is 0.835. The van der Waals surface area contributed by atoms with E-state index >= 15 is 0 Å². The molecule has 0 bridgehead atoms. The Morgan fingerprint density at radius 3 is 2.63 bits per heavy atom. The molecule has 3 N–H and O–H groups in total. The van der Waals surface area contributed by atoms with Gasteiger partial charge in [0.1, 0.15) is 0 Å². The number of hydrogen-bond donors (Lipinski definition) is 3. The molecule has 7 heteroatoms. The van der Waals surface area contributed by atoms with E-state index in [0.717, 1.165) is 5.69 Å². The van der Waals surface area contributed by atoms with Crippen LogP contribution in [-0.4, -0.2) is 37.5 Å². The molecule has 0 aliphatic carbocycles. The fourth-order valence-electron chi connectivity index (χ4n) is 2.84. The van der Waals surface area contributed by atoms with E-state index in [1.54, 1.807) is 35.2 Å². The Hall–Kier alpha value is -3.35. The van der Waals surface area contributed by atoms with Gasteiger partial charge in [-0.25, -0.2) is 4.79 Å². The van der Waals surface area contributed by atoms with Crippen LogP contribution < -0.4 is 20.9 Å². The van der Waals surface area contributed by atoms with Gasteiger partial charge in [0, 0.05) is 43.0 Å². The van der Waals surface area contributed by atoms with Gasteiger partial charge in [-0.1, -0.05) is 24.3 Å². The normalized spacial score (nSPS) is 13.2. The molecule has 7 nitrogen and oxygen atoms in total. The molecule has 1 fully saturated rings. The van der Waals surface area contributed by atoms with Crippen LogP contribution in [0, 0.1) is 0 Å². The highest BCUT2D eigenvalue weighted by atomic mass is 16.2. The van der Waals surface area contributed by atoms with Gasteiger partial charge in [0.05, 0.1) is 0 Å². The summed E-state index contributed by atoms with van der Waals surface area (Å²) in [4.78, 5) is 37.4. The molecule has 1 aliphatic rings. The van der Waals surface area contributed by atoms with E-state index in [9.17, 15) is 14.4 Å². The zero-order valence-corrected chi connectivity index (χ0v) is 14.9. The van der Waals surface area contributed by atoms with Crippen LogP contribution in [0.5, 0.6) is 0 Å². The molecule has 27 heavy (non-hydrogen) atoms. The van der Waals surface area contributed by atoms with Crippen molar-refractivity contribution >= 4 is 29.2 Å². The van der Waals surface area contributed by atoms with Crippen LogP contribution in [0.3, 0.4) is 0 Å². The van der Waals surface area contributed by atoms with E-state index in [1.807, 2.05) is 24.3 Å². The van der Waals surface area contributed by atoms with Crippen LogP contribution >= 0.6 is 0 Å². The second kappa shape index (κ2) is 8.84. The number of nitrogens with zero attached hydrogens (tertiary/aromatic N) is 1. The number of benzene rings is 2. The van der Waals surface area contributed by atoms with Gasteiger partial charge >= 0.3 is 6.03 Å². The van der Waals surface area contributed by atoms with Crippen molar-refractivity contribution in [1.82, 2.24) is 10.6 Å². The van der Waals surface area contributed by atoms with Gasteiger partial charge in [-0.05, 0) is 36.8 Å². The van der Waals surface area contributed by atoms with Crippen molar-refractivity contribution in [2.75, 3.05) is 29.9 Å². The maximum Gasteiger partial charge on any atom is 0.321 e. The Kier molecular flexibility index (Phi) is 6.04. The molecule has 0 radical (unpaired) electrons. The van der Waals surface area contributed by atoms with Gasteiger partial charge in [0.15, 0.2) is 0 Å². The summed E-state index contributed by atoms with van der Waals surface area (Å²) in [7, 11) is 0.